The number of H-pyrrole nitrogens is 1. The van der Waals surface area contributed by atoms with E-state index in [9.17, 15) is 18.0 Å². The molecule has 0 aliphatic rings. The van der Waals surface area contributed by atoms with Crippen LogP contribution < -0.4 is 4.74 Å². The first kappa shape index (κ1) is 11.5. The summed E-state index contributed by atoms with van der Waals surface area (Å²) in [4.78, 5) is 13.6. The third-order valence-corrected chi connectivity index (χ3v) is 2.07. The van der Waals surface area contributed by atoms with Crippen molar-refractivity contribution >= 4 is 16.9 Å². The number of nitrogens with one attached hydrogen (secondary N) is 1. The average Bonchev–Trinajstić information content (AvgIpc) is 2.55. The molecule has 0 spiro atoms. The first-order valence-corrected chi connectivity index (χ1v) is 4.79. The second kappa shape index (κ2) is 4.12. The highest BCUT2D eigenvalue weighted by Crippen LogP contribution is 2.23. The number of ether oxygens (including phenoxy) is 1. The maximum atomic E-state index is 11.9. The zero-order chi connectivity index (χ0) is 12.5. The fourth-order valence-electron chi connectivity index (χ4n) is 1.42. The third kappa shape index (κ3) is 2.99. The number of hydrogen-bond donors (Lipinski definition) is 1. The molecular formula is C11H8F3NO2. The van der Waals surface area contributed by atoms with E-state index in [2.05, 4.69) is 9.72 Å². The van der Waals surface area contributed by atoms with E-state index in [4.69, 9.17) is 0 Å². The van der Waals surface area contributed by atoms with Gasteiger partial charge in [-0.05, 0) is 6.07 Å². The average molecular weight is 243 g/mol. The van der Waals surface area contributed by atoms with E-state index in [-0.39, 0.29) is 5.88 Å². The lowest BCUT2D eigenvalue weighted by molar-refractivity contribution is -0.164. The molecule has 0 aliphatic heterocycles. The molecule has 1 aromatic carbocycles. The summed E-state index contributed by atoms with van der Waals surface area (Å²) in [5.74, 6) is -1.32. The summed E-state index contributed by atoms with van der Waals surface area (Å²) in [6.45, 7) is 0. The number of rotatable bonds is 2. The molecule has 0 amide bonds. The van der Waals surface area contributed by atoms with E-state index < -0.39 is 18.6 Å². The van der Waals surface area contributed by atoms with Crippen LogP contribution in [0.25, 0.3) is 10.9 Å². The molecule has 0 radical (unpaired) electrons. The van der Waals surface area contributed by atoms with Crippen LogP contribution in [0.5, 0.6) is 5.88 Å². The monoisotopic (exact) mass is 243 g/mol. The van der Waals surface area contributed by atoms with Crippen LogP contribution in [0.15, 0.2) is 30.3 Å². The van der Waals surface area contributed by atoms with Gasteiger partial charge in [-0.15, -0.1) is 0 Å². The van der Waals surface area contributed by atoms with Crippen molar-refractivity contribution in [1.29, 1.82) is 0 Å². The summed E-state index contributed by atoms with van der Waals surface area (Å²) in [6.07, 6.45) is -6.15. The second-order valence-corrected chi connectivity index (χ2v) is 3.49. The number of fused-ring (bicyclic) bond motifs is 1. The molecule has 1 aromatic heterocycles. The Balaban J connectivity index is 2.11. The maximum absolute atomic E-state index is 11.9. The fraction of sp³-hybridized carbons (Fsp3) is 0.182. The van der Waals surface area contributed by atoms with E-state index in [0.717, 1.165) is 5.39 Å². The van der Waals surface area contributed by atoms with Crippen LogP contribution in [-0.2, 0) is 4.79 Å². The van der Waals surface area contributed by atoms with Crippen molar-refractivity contribution in [2.24, 2.45) is 0 Å². The van der Waals surface area contributed by atoms with Crippen LogP contribution in [0.3, 0.4) is 0 Å². The Morgan fingerprint density at radius 3 is 2.65 bits per heavy atom. The van der Waals surface area contributed by atoms with Gasteiger partial charge in [0.25, 0.3) is 0 Å². The Bertz CT molecular complexity index is 512. The van der Waals surface area contributed by atoms with Gasteiger partial charge in [0.1, 0.15) is 6.42 Å². The number of esters is 1. The van der Waals surface area contributed by atoms with Gasteiger partial charge in [0.2, 0.25) is 5.88 Å². The van der Waals surface area contributed by atoms with Gasteiger partial charge in [-0.1, -0.05) is 18.2 Å². The molecule has 90 valence electrons. The number of para-hydroxylation sites is 1. The second-order valence-electron chi connectivity index (χ2n) is 3.49. The molecule has 0 aliphatic carbocycles. The molecule has 0 saturated carbocycles. The summed E-state index contributed by atoms with van der Waals surface area (Å²) < 4.78 is 40.3. The minimum atomic E-state index is -4.55. The molecule has 1 heterocycles. The van der Waals surface area contributed by atoms with Crippen molar-refractivity contribution in [3.63, 3.8) is 0 Å². The SMILES string of the molecule is O=C(CC(F)(F)F)Oc1cc2ccccc2[nH]1. The van der Waals surface area contributed by atoms with Gasteiger partial charge in [-0.3, -0.25) is 4.79 Å². The van der Waals surface area contributed by atoms with Crippen LogP contribution >= 0.6 is 0 Å². The molecule has 1 N–H and O–H groups in total. The predicted octanol–water partition coefficient (Wildman–Crippen LogP) is 3.03. The minimum absolute atomic E-state index is 0.0143. The summed E-state index contributed by atoms with van der Waals surface area (Å²) in [5.41, 5.74) is 0.697. The number of carbonyl (C=O) groups is 1. The Kier molecular flexibility index (Phi) is 2.79. The lowest BCUT2D eigenvalue weighted by Crippen LogP contribution is -2.19. The fourth-order valence-corrected chi connectivity index (χ4v) is 1.42. The minimum Gasteiger partial charge on any atom is -0.409 e. The van der Waals surface area contributed by atoms with Gasteiger partial charge in [-0.2, -0.15) is 13.2 Å². The normalized spacial score (nSPS) is 11.7. The summed E-state index contributed by atoms with van der Waals surface area (Å²) in [6, 6.07) is 8.50. The van der Waals surface area contributed by atoms with E-state index >= 15 is 0 Å². The number of benzene rings is 1. The third-order valence-electron chi connectivity index (χ3n) is 2.07. The molecule has 6 heteroatoms. The van der Waals surface area contributed by atoms with Crippen molar-refractivity contribution in [2.45, 2.75) is 12.6 Å². The molecule has 17 heavy (non-hydrogen) atoms. The smallest absolute Gasteiger partial charge is 0.399 e. The number of hydrogen-bond acceptors (Lipinski definition) is 2. The molecule has 0 atom stereocenters. The van der Waals surface area contributed by atoms with Crippen molar-refractivity contribution < 1.29 is 22.7 Å². The van der Waals surface area contributed by atoms with Crippen LogP contribution in [0.2, 0.25) is 0 Å². The lowest BCUT2D eigenvalue weighted by Gasteiger charge is -2.04. The summed E-state index contributed by atoms with van der Waals surface area (Å²) in [5, 5.41) is 0.766. The van der Waals surface area contributed by atoms with Gasteiger partial charge in [0.05, 0.1) is 0 Å². The van der Waals surface area contributed by atoms with E-state index in [1.54, 1.807) is 24.3 Å². The van der Waals surface area contributed by atoms with Gasteiger partial charge in [-0.25, -0.2) is 0 Å². The first-order chi connectivity index (χ1) is 7.94. The zero-order valence-corrected chi connectivity index (χ0v) is 8.54. The van der Waals surface area contributed by atoms with Crippen molar-refractivity contribution in [3.8, 4) is 5.88 Å². The molecule has 0 saturated heterocycles. The van der Waals surface area contributed by atoms with Crippen molar-refractivity contribution in [2.75, 3.05) is 0 Å². The molecule has 0 unspecified atom stereocenters. The van der Waals surface area contributed by atoms with Gasteiger partial charge >= 0.3 is 12.1 Å². The lowest BCUT2D eigenvalue weighted by atomic mass is 10.3. The number of alkyl halides is 3. The number of aromatic amines is 1. The Morgan fingerprint density at radius 2 is 2.00 bits per heavy atom. The molecule has 2 aromatic rings. The van der Waals surface area contributed by atoms with Gasteiger partial charge in [0, 0.05) is 17.0 Å². The van der Waals surface area contributed by atoms with Crippen LogP contribution in [0.1, 0.15) is 6.42 Å². The van der Waals surface area contributed by atoms with E-state index in [0.29, 0.717) is 5.52 Å². The quantitative estimate of drug-likeness (QED) is 0.824. The highest BCUT2D eigenvalue weighted by atomic mass is 19.4. The summed E-state index contributed by atoms with van der Waals surface area (Å²) in [7, 11) is 0. The predicted molar refractivity (Wildman–Crippen MR) is 54.6 cm³/mol. The van der Waals surface area contributed by atoms with Crippen molar-refractivity contribution in [1.82, 2.24) is 4.98 Å². The highest BCUT2D eigenvalue weighted by Gasteiger charge is 2.32. The molecule has 0 bridgehead atoms. The van der Waals surface area contributed by atoms with E-state index in [1.165, 1.54) is 6.07 Å². The molecule has 0 fully saturated rings. The Hall–Kier alpha value is -1.98. The van der Waals surface area contributed by atoms with Gasteiger partial charge in [0.15, 0.2) is 0 Å². The zero-order valence-electron chi connectivity index (χ0n) is 8.54. The molecular weight excluding hydrogens is 235 g/mol. The van der Waals surface area contributed by atoms with Crippen LogP contribution in [0, 0.1) is 0 Å². The molecule has 3 nitrogen and oxygen atoms in total. The highest BCUT2D eigenvalue weighted by molar-refractivity contribution is 5.82. The number of aromatic nitrogens is 1. The van der Waals surface area contributed by atoms with Gasteiger partial charge < -0.3 is 9.72 Å². The topological polar surface area (TPSA) is 42.1 Å². The Morgan fingerprint density at radius 1 is 1.29 bits per heavy atom. The summed E-state index contributed by atoms with van der Waals surface area (Å²) >= 11 is 0. The Labute approximate surface area is 94.2 Å². The van der Waals surface area contributed by atoms with Crippen LogP contribution in [0.4, 0.5) is 13.2 Å². The maximum Gasteiger partial charge on any atom is 0.399 e. The van der Waals surface area contributed by atoms with Crippen molar-refractivity contribution in [3.05, 3.63) is 30.3 Å². The van der Waals surface area contributed by atoms with Crippen LogP contribution in [-0.4, -0.2) is 17.1 Å². The standard InChI is InChI=1S/C11H8F3NO2/c12-11(13,14)6-10(16)17-9-5-7-3-1-2-4-8(7)15-9/h1-5,15H,6H2. The number of carbonyl (C=O) groups excluding carboxylic acids is 1. The molecule has 2 rings (SSSR count). The van der Waals surface area contributed by atoms with E-state index in [1.807, 2.05) is 0 Å². The number of halogens is 3. The first-order valence-electron chi connectivity index (χ1n) is 4.79. The largest absolute Gasteiger partial charge is 0.409 e.